The maximum atomic E-state index is 4.86. The molecule has 0 unspecified atom stereocenters. The molecule has 0 aromatic heterocycles. The number of hydrogen-bond donors (Lipinski definition) is 1. The van der Waals surface area contributed by atoms with Crippen LogP contribution in [0, 0.1) is 0 Å². The maximum Gasteiger partial charge on any atom is 0.507 e. The molecule has 4 heteroatoms. The van der Waals surface area contributed by atoms with Crippen LogP contribution >= 0.6 is 12.6 Å². The summed E-state index contributed by atoms with van der Waals surface area (Å²) < 4.78 is 9.67. The molecule has 7 heavy (non-hydrogen) atoms. The van der Waals surface area contributed by atoms with E-state index in [1.807, 2.05) is 0 Å². The number of hydrogen-bond acceptors (Lipinski definition) is 3. The molecule has 0 aromatic carbocycles. The van der Waals surface area contributed by atoms with Gasteiger partial charge in [0, 0.05) is 5.41 Å². The van der Waals surface area contributed by atoms with Gasteiger partial charge in [-0.25, -0.2) is 0 Å². The summed E-state index contributed by atoms with van der Waals surface area (Å²) in [5.74, 6) is 0.809. The molecule has 38 valence electrons. The molecule has 1 aliphatic rings. The molecule has 0 bridgehead atoms. The van der Waals surface area contributed by atoms with Crippen molar-refractivity contribution in [3.8, 4) is 0 Å². The quantitative estimate of drug-likeness (QED) is 0.356. The molecule has 0 saturated carbocycles. The van der Waals surface area contributed by atoms with E-state index < -0.39 is 0 Å². The van der Waals surface area contributed by atoms with Crippen LogP contribution in [0.4, 0.5) is 0 Å². The van der Waals surface area contributed by atoms with E-state index in [0.29, 0.717) is 14.3 Å². The average molecular weight is 116 g/mol. The van der Waals surface area contributed by atoms with Gasteiger partial charge in [0.2, 0.25) is 0 Å². The Labute approximate surface area is 48.2 Å². The lowest BCUT2D eigenvalue weighted by molar-refractivity contribution is 0.399. The van der Waals surface area contributed by atoms with Crippen LogP contribution < -0.4 is 0 Å². The molecule has 1 saturated heterocycles. The fourth-order valence-corrected chi connectivity index (χ4v) is 0.525. The minimum atomic E-state index is 0.381. The predicted molar refractivity (Wildman–Crippen MR) is 31.3 cm³/mol. The van der Waals surface area contributed by atoms with E-state index in [0.717, 1.165) is 5.76 Å². The molecule has 0 amide bonds. The Morgan fingerprint density at radius 2 is 2.71 bits per heavy atom. The SMILES string of the molecule is SC=C1COBO1. The summed E-state index contributed by atoms with van der Waals surface area (Å²) in [6.45, 7) is 0.573. The second-order valence-electron chi connectivity index (χ2n) is 1.21. The minimum absolute atomic E-state index is 0.381. The van der Waals surface area contributed by atoms with Gasteiger partial charge in [0.05, 0.1) is 6.61 Å². The smallest absolute Gasteiger partial charge is 0.507 e. The van der Waals surface area contributed by atoms with Crippen molar-refractivity contribution < 1.29 is 9.31 Å². The minimum Gasteiger partial charge on any atom is -0.540 e. The molecular formula is C3H5BO2S. The highest BCUT2D eigenvalue weighted by Gasteiger charge is 2.07. The fraction of sp³-hybridized carbons (Fsp3) is 0.333. The van der Waals surface area contributed by atoms with Crippen molar-refractivity contribution in [3.05, 3.63) is 11.2 Å². The Bertz CT molecular complexity index is 84.9. The lowest BCUT2D eigenvalue weighted by Crippen LogP contribution is -1.83. The molecule has 1 heterocycles. The molecule has 0 N–H and O–H groups in total. The summed E-state index contributed by atoms with van der Waals surface area (Å²) in [7, 11) is 0.381. The van der Waals surface area contributed by atoms with Gasteiger partial charge in [0.15, 0.2) is 0 Å². The van der Waals surface area contributed by atoms with E-state index >= 15 is 0 Å². The largest absolute Gasteiger partial charge is 0.540 e. The zero-order valence-corrected chi connectivity index (χ0v) is 4.65. The average Bonchev–Trinajstić information content (AvgIpc) is 2.14. The summed E-state index contributed by atoms with van der Waals surface area (Å²) in [5, 5.41) is 1.60. The first kappa shape index (κ1) is 5.06. The summed E-state index contributed by atoms with van der Waals surface area (Å²) in [4.78, 5) is 0. The van der Waals surface area contributed by atoms with E-state index in [-0.39, 0.29) is 0 Å². The zero-order chi connectivity index (χ0) is 5.11. The summed E-state index contributed by atoms with van der Waals surface area (Å²) in [6.07, 6.45) is 0. The van der Waals surface area contributed by atoms with Gasteiger partial charge in [0.25, 0.3) is 0 Å². The van der Waals surface area contributed by atoms with Crippen molar-refractivity contribution in [2.45, 2.75) is 0 Å². The third-order valence-electron chi connectivity index (χ3n) is 0.716. The summed E-state index contributed by atoms with van der Waals surface area (Å²) in [6, 6.07) is 0. The van der Waals surface area contributed by atoms with Crippen LogP contribution in [0.3, 0.4) is 0 Å². The van der Waals surface area contributed by atoms with Crippen LogP contribution in [0.1, 0.15) is 0 Å². The predicted octanol–water partition coefficient (Wildman–Crippen LogP) is 0.0709. The molecule has 1 fully saturated rings. The molecule has 1 rings (SSSR count). The first-order chi connectivity index (χ1) is 3.43. The third kappa shape index (κ3) is 1.14. The lowest BCUT2D eigenvalue weighted by Gasteiger charge is -1.88. The molecule has 0 spiro atoms. The van der Waals surface area contributed by atoms with Gasteiger partial charge in [-0.2, -0.15) is 0 Å². The monoisotopic (exact) mass is 116 g/mol. The lowest BCUT2D eigenvalue weighted by atomic mass is 10.4. The first-order valence-electron chi connectivity index (χ1n) is 1.97. The fourth-order valence-electron chi connectivity index (χ4n) is 0.376. The highest BCUT2D eigenvalue weighted by molar-refractivity contribution is 7.83. The maximum absolute atomic E-state index is 4.86. The highest BCUT2D eigenvalue weighted by Crippen LogP contribution is 2.04. The van der Waals surface area contributed by atoms with Crippen LogP contribution in [-0.4, -0.2) is 14.3 Å². The number of rotatable bonds is 0. The van der Waals surface area contributed by atoms with Crippen molar-refractivity contribution >= 4 is 20.3 Å². The molecule has 0 aliphatic carbocycles. The van der Waals surface area contributed by atoms with Crippen molar-refractivity contribution in [2.75, 3.05) is 6.61 Å². The van der Waals surface area contributed by atoms with Crippen molar-refractivity contribution in [3.63, 3.8) is 0 Å². The second kappa shape index (κ2) is 2.28. The Morgan fingerprint density at radius 1 is 1.86 bits per heavy atom. The molecule has 0 radical (unpaired) electrons. The molecule has 1 aliphatic heterocycles. The van der Waals surface area contributed by atoms with Crippen LogP contribution in [0.15, 0.2) is 11.2 Å². The van der Waals surface area contributed by atoms with E-state index in [1.54, 1.807) is 5.41 Å². The van der Waals surface area contributed by atoms with E-state index in [1.165, 1.54) is 0 Å². The Hall–Kier alpha value is -0.0851. The van der Waals surface area contributed by atoms with Crippen LogP contribution in [-0.2, 0) is 9.31 Å². The van der Waals surface area contributed by atoms with E-state index in [9.17, 15) is 0 Å². The Balaban J connectivity index is 2.41. The van der Waals surface area contributed by atoms with Gasteiger partial charge in [-0.3, -0.25) is 0 Å². The summed E-state index contributed by atoms with van der Waals surface area (Å²) >= 11 is 3.85. The number of thiol groups is 1. The Kier molecular flexibility index (Phi) is 1.65. The Morgan fingerprint density at radius 3 is 3.00 bits per heavy atom. The van der Waals surface area contributed by atoms with E-state index in [2.05, 4.69) is 12.6 Å². The molecule has 2 nitrogen and oxygen atoms in total. The van der Waals surface area contributed by atoms with Crippen LogP contribution in [0.25, 0.3) is 0 Å². The zero-order valence-electron chi connectivity index (χ0n) is 3.76. The third-order valence-corrected chi connectivity index (χ3v) is 1.00. The molecule has 0 atom stereocenters. The van der Waals surface area contributed by atoms with Gasteiger partial charge in [-0.15, -0.1) is 12.6 Å². The normalized spacial score (nSPS) is 24.4. The van der Waals surface area contributed by atoms with Gasteiger partial charge in [-0.05, 0) is 0 Å². The van der Waals surface area contributed by atoms with Gasteiger partial charge < -0.3 is 9.31 Å². The molecular weight excluding hydrogens is 111 g/mol. The molecule has 0 aromatic rings. The van der Waals surface area contributed by atoms with E-state index in [4.69, 9.17) is 9.31 Å². The van der Waals surface area contributed by atoms with Crippen molar-refractivity contribution in [1.82, 2.24) is 0 Å². The second-order valence-corrected chi connectivity index (χ2v) is 1.46. The van der Waals surface area contributed by atoms with Gasteiger partial charge >= 0.3 is 7.69 Å². The van der Waals surface area contributed by atoms with Crippen molar-refractivity contribution in [2.24, 2.45) is 0 Å². The highest BCUT2D eigenvalue weighted by atomic mass is 32.1. The van der Waals surface area contributed by atoms with Crippen LogP contribution in [0.2, 0.25) is 0 Å². The topological polar surface area (TPSA) is 18.5 Å². The standard InChI is InChI=1S/C3H5BO2S/c7-2-3-1-5-4-6-3/h2,4,7H,1H2. The summed E-state index contributed by atoms with van der Waals surface area (Å²) in [5.41, 5.74) is 0. The van der Waals surface area contributed by atoms with Gasteiger partial charge in [0.1, 0.15) is 5.76 Å². The van der Waals surface area contributed by atoms with Crippen molar-refractivity contribution in [1.29, 1.82) is 0 Å². The van der Waals surface area contributed by atoms with Gasteiger partial charge in [-0.1, -0.05) is 0 Å². The van der Waals surface area contributed by atoms with Crippen LogP contribution in [0.5, 0.6) is 0 Å². The first-order valence-corrected chi connectivity index (χ1v) is 2.49.